The molecule has 1 rings (SSSR count). The second-order valence-electron chi connectivity index (χ2n) is 4.82. The lowest BCUT2D eigenvalue weighted by molar-refractivity contribution is -0.159. The lowest BCUT2D eigenvalue weighted by atomic mass is 9.85. The smallest absolute Gasteiger partial charge is 0.309 e. The predicted octanol–water partition coefficient (Wildman–Crippen LogP) is 0.437. The van der Waals surface area contributed by atoms with E-state index in [1.54, 1.807) is 0 Å². The van der Waals surface area contributed by atoms with Gasteiger partial charge >= 0.3 is 11.9 Å². The minimum Gasteiger partial charge on any atom is -0.481 e. The quantitative estimate of drug-likeness (QED) is 0.658. The summed E-state index contributed by atoms with van der Waals surface area (Å²) >= 11 is 0. The lowest BCUT2D eigenvalue weighted by Crippen LogP contribution is -2.48. The average Bonchev–Trinajstić information content (AvgIpc) is 2.42. The molecular formula is C13H21NO6. The maximum Gasteiger partial charge on any atom is 0.309 e. The molecule has 0 aromatic rings. The maximum absolute atomic E-state index is 11.9. The zero-order valence-corrected chi connectivity index (χ0v) is 11.6. The normalized spacial score (nSPS) is 22.6. The molecule has 0 radical (unpaired) electrons. The highest BCUT2D eigenvalue weighted by Gasteiger charge is 2.39. The number of likely N-dealkylation sites (tertiary alicyclic amines) is 1. The SMILES string of the molecule is CCOCCCC(=O)N1CCC(C(=O)O)C(C(=O)O)C1. The van der Waals surface area contributed by atoms with Gasteiger partial charge in [0.15, 0.2) is 0 Å². The Balaban J connectivity index is 2.51. The van der Waals surface area contributed by atoms with E-state index in [0.29, 0.717) is 32.6 Å². The Morgan fingerprint density at radius 3 is 2.40 bits per heavy atom. The minimum atomic E-state index is -1.16. The van der Waals surface area contributed by atoms with E-state index >= 15 is 0 Å². The van der Waals surface area contributed by atoms with Crippen LogP contribution in [-0.4, -0.2) is 59.3 Å². The van der Waals surface area contributed by atoms with Crippen molar-refractivity contribution >= 4 is 17.8 Å². The summed E-state index contributed by atoms with van der Waals surface area (Å²) in [5.41, 5.74) is 0. The molecule has 7 heteroatoms. The summed E-state index contributed by atoms with van der Waals surface area (Å²) in [7, 11) is 0. The van der Waals surface area contributed by atoms with E-state index < -0.39 is 23.8 Å². The van der Waals surface area contributed by atoms with Crippen molar-refractivity contribution in [2.24, 2.45) is 11.8 Å². The Hall–Kier alpha value is -1.63. The van der Waals surface area contributed by atoms with E-state index in [1.165, 1.54) is 4.90 Å². The molecule has 0 aromatic heterocycles. The first-order valence-electron chi connectivity index (χ1n) is 6.78. The fourth-order valence-corrected chi connectivity index (χ4v) is 2.35. The molecule has 2 unspecified atom stereocenters. The van der Waals surface area contributed by atoms with Crippen LogP contribution in [-0.2, 0) is 19.1 Å². The summed E-state index contributed by atoms with van der Waals surface area (Å²) in [5, 5.41) is 18.1. The number of aliphatic carboxylic acids is 2. The second kappa shape index (κ2) is 7.84. The van der Waals surface area contributed by atoms with Crippen LogP contribution in [0.5, 0.6) is 0 Å². The van der Waals surface area contributed by atoms with Crippen molar-refractivity contribution in [2.45, 2.75) is 26.2 Å². The summed E-state index contributed by atoms with van der Waals surface area (Å²) in [6.45, 7) is 3.24. The molecule has 1 fully saturated rings. The number of hydrogen-bond acceptors (Lipinski definition) is 4. The van der Waals surface area contributed by atoms with Crippen LogP contribution in [0.1, 0.15) is 26.2 Å². The van der Waals surface area contributed by atoms with E-state index in [4.69, 9.17) is 14.9 Å². The number of amides is 1. The van der Waals surface area contributed by atoms with Gasteiger partial charge < -0.3 is 19.8 Å². The molecule has 0 aromatic carbocycles. The first-order chi connectivity index (χ1) is 9.47. The number of hydrogen-bond donors (Lipinski definition) is 2. The summed E-state index contributed by atoms with van der Waals surface area (Å²) in [6.07, 6.45) is 1.07. The number of carbonyl (C=O) groups is 3. The highest BCUT2D eigenvalue weighted by molar-refractivity contribution is 5.82. The van der Waals surface area contributed by atoms with Gasteiger partial charge in [0.05, 0.1) is 11.8 Å². The highest BCUT2D eigenvalue weighted by Crippen LogP contribution is 2.25. The zero-order chi connectivity index (χ0) is 15.1. The molecule has 2 atom stereocenters. The van der Waals surface area contributed by atoms with E-state index in [2.05, 4.69) is 0 Å². The van der Waals surface area contributed by atoms with Gasteiger partial charge in [-0.15, -0.1) is 0 Å². The Kier molecular flexibility index (Phi) is 6.44. The molecule has 0 bridgehead atoms. The van der Waals surface area contributed by atoms with E-state index in [-0.39, 0.29) is 18.9 Å². The predicted molar refractivity (Wildman–Crippen MR) is 69.2 cm³/mol. The zero-order valence-electron chi connectivity index (χ0n) is 11.6. The molecule has 20 heavy (non-hydrogen) atoms. The Morgan fingerprint density at radius 2 is 1.85 bits per heavy atom. The molecule has 1 amide bonds. The van der Waals surface area contributed by atoms with Gasteiger partial charge in [-0.05, 0) is 19.8 Å². The third-order valence-electron chi connectivity index (χ3n) is 3.48. The molecule has 1 saturated heterocycles. The van der Waals surface area contributed by atoms with E-state index in [0.717, 1.165) is 0 Å². The number of carboxylic acids is 2. The van der Waals surface area contributed by atoms with Crippen LogP contribution in [0.25, 0.3) is 0 Å². The second-order valence-corrected chi connectivity index (χ2v) is 4.82. The molecular weight excluding hydrogens is 266 g/mol. The third-order valence-corrected chi connectivity index (χ3v) is 3.48. The first-order valence-corrected chi connectivity index (χ1v) is 6.78. The Morgan fingerprint density at radius 1 is 1.20 bits per heavy atom. The number of nitrogens with zero attached hydrogens (tertiary/aromatic N) is 1. The van der Waals surface area contributed by atoms with Crippen molar-refractivity contribution < 1.29 is 29.3 Å². The van der Waals surface area contributed by atoms with Gasteiger partial charge in [0, 0.05) is 32.7 Å². The lowest BCUT2D eigenvalue weighted by Gasteiger charge is -2.34. The van der Waals surface area contributed by atoms with Crippen LogP contribution < -0.4 is 0 Å². The molecule has 7 nitrogen and oxygen atoms in total. The average molecular weight is 287 g/mol. The van der Waals surface area contributed by atoms with Crippen molar-refractivity contribution in [1.29, 1.82) is 0 Å². The summed E-state index contributed by atoms with van der Waals surface area (Å²) in [5.74, 6) is -4.36. The molecule has 2 N–H and O–H groups in total. The van der Waals surface area contributed by atoms with Crippen molar-refractivity contribution in [3.8, 4) is 0 Å². The topological polar surface area (TPSA) is 104 Å². The number of carboxylic acid groups (broad SMARTS) is 2. The van der Waals surface area contributed by atoms with Crippen LogP contribution in [0.2, 0.25) is 0 Å². The van der Waals surface area contributed by atoms with Crippen LogP contribution in [0, 0.1) is 11.8 Å². The van der Waals surface area contributed by atoms with Gasteiger partial charge in [-0.3, -0.25) is 14.4 Å². The molecule has 114 valence electrons. The summed E-state index contributed by atoms with van der Waals surface area (Å²) in [6, 6.07) is 0. The number of piperidine rings is 1. The standard InChI is InChI=1S/C13H21NO6/c1-2-20-7-3-4-11(15)14-6-5-9(12(16)17)10(8-14)13(18)19/h9-10H,2-8H2,1H3,(H,16,17)(H,18,19). The van der Waals surface area contributed by atoms with Gasteiger partial charge in [0.1, 0.15) is 0 Å². The summed E-state index contributed by atoms with van der Waals surface area (Å²) < 4.78 is 5.14. The Labute approximate surface area is 117 Å². The minimum absolute atomic E-state index is 0.0280. The van der Waals surface area contributed by atoms with Crippen molar-refractivity contribution in [3.05, 3.63) is 0 Å². The van der Waals surface area contributed by atoms with Crippen molar-refractivity contribution in [1.82, 2.24) is 4.90 Å². The van der Waals surface area contributed by atoms with Crippen LogP contribution in [0.3, 0.4) is 0 Å². The number of ether oxygens (including phenoxy) is 1. The monoisotopic (exact) mass is 287 g/mol. The largest absolute Gasteiger partial charge is 0.481 e. The molecule has 1 aliphatic rings. The molecule has 0 spiro atoms. The van der Waals surface area contributed by atoms with E-state index in [1.807, 2.05) is 6.92 Å². The van der Waals surface area contributed by atoms with Gasteiger partial charge in [-0.1, -0.05) is 0 Å². The van der Waals surface area contributed by atoms with Gasteiger partial charge in [-0.25, -0.2) is 0 Å². The van der Waals surface area contributed by atoms with Crippen LogP contribution >= 0.6 is 0 Å². The Bertz CT molecular complexity index is 370. The summed E-state index contributed by atoms with van der Waals surface area (Å²) in [4.78, 5) is 35.5. The molecule has 0 saturated carbocycles. The van der Waals surface area contributed by atoms with Gasteiger partial charge in [0.25, 0.3) is 0 Å². The first kappa shape index (κ1) is 16.4. The van der Waals surface area contributed by atoms with E-state index in [9.17, 15) is 14.4 Å². The molecule has 1 aliphatic heterocycles. The van der Waals surface area contributed by atoms with Gasteiger partial charge in [0.2, 0.25) is 5.91 Å². The third kappa shape index (κ3) is 4.48. The van der Waals surface area contributed by atoms with Crippen LogP contribution in [0.15, 0.2) is 0 Å². The number of carbonyl (C=O) groups excluding carboxylic acids is 1. The molecule has 1 heterocycles. The fourth-order valence-electron chi connectivity index (χ4n) is 2.35. The van der Waals surface area contributed by atoms with Crippen molar-refractivity contribution in [2.75, 3.05) is 26.3 Å². The molecule has 0 aliphatic carbocycles. The highest BCUT2D eigenvalue weighted by atomic mass is 16.5. The van der Waals surface area contributed by atoms with Crippen molar-refractivity contribution in [3.63, 3.8) is 0 Å². The van der Waals surface area contributed by atoms with Crippen LogP contribution in [0.4, 0.5) is 0 Å². The van der Waals surface area contributed by atoms with Gasteiger partial charge in [-0.2, -0.15) is 0 Å². The number of rotatable bonds is 7. The maximum atomic E-state index is 11.9. The fraction of sp³-hybridized carbons (Fsp3) is 0.769.